The maximum absolute atomic E-state index is 4.53. The second-order valence-corrected chi connectivity index (χ2v) is 5.20. The standard InChI is InChI=1S/C12H12BrN/c13-9-3-4-11-10(7-9)12(8-14-11)5-1-2-6-12/h3-4,7-8H,1-2,5-6H2. The molecule has 0 saturated heterocycles. The number of rotatable bonds is 0. The maximum Gasteiger partial charge on any atom is 0.0668 e. The minimum atomic E-state index is 0.291. The zero-order chi connectivity index (χ0) is 9.60. The van der Waals surface area contributed by atoms with Gasteiger partial charge in [-0.15, -0.1) is 0 Å². The number of aliphatic imine (C=N–C) groups is 1. The molecule has 1 aromatic carbocycles. The Balaban J connectivity index is 2.16. The first-order valence-corrected chi connectivity index (χ1v) is 5.95. The molecule has 1 saturated carbocycles. The van der Waals surface area contributed by atoms with Crippen LogP contribution in [0.3, 0.4) is 0 Å². The van der Waals surface area contributed by atoms with Gasteiger partial charge in [0.25, 0.3) is 0 Å². The van der Waals surface area contributed by atoms with E-state index in [2.05, 4.69) is 45.3 Å². The maximum atomic E-state index is 4.53. The molecule has 72 valence electrons. The van der Waals surface area contributed by atoms with Crippen LogP contribution in [0, 0.1) is 0 Å². The lowest BCUT2D eigenvalue weighted by molar-refractivity contribution is 0.624. The molecule has 1 spiro atoms. The molecule has 14 heavy (non-hydrogen) atoms. The highest BCUT2D eigenvalue weighted by Gasteiger charge is 2.38. The first-order valence-electron chi connectivity index (χ1n) is 5.15. The Kier molecular flexibility index (Phi) is 1.81. The Labute approximate surface area is 92.4 Å². The van der Waals surface area contributed by atoms with Crippen molar-refractivity contribution in [3.05, 3.63) is 28.2 Å². The van der Waals surface area contributed by atoms with E-state index in [0.717, 1.165) is 0 Å². The Morgan fingerprint density at radius 2 is 2.00 bits per heavy atom. The molecule has 0 amide bonds. The summed E-state index contributed by atoms with van der Waals surface area (Å²) in [6.07, 6.45) is 7.42. The largest absolute Gasteiger partial charge is 0.260 e. The van der Waals surface area contributed by atoms with Gasteiger partial charge in [0.1, 0.15) is 0 Å². The minimum Gasteiger partial charge on any atom is -0.260 e. The van der Waals surface area contributed by atoms with Gasteiger partial charge in [0, 0.05) is 16.1 Å². The van der Waals surface area contributed by atoms with Crippen LogP contribution in [0.5, 0.6) is 0 Å². The van der Waals surface area contributed by atoms with Crippen molar-refractivity contribution in [2.24, 2.45) is 4.99 Å². The lowest BCUT2D eigenvalue weighted by Crippen LogP contribution is -2.20. The molecular formula is C12H12BrN. The molecule has 3 rings (SSSR count). The van der Waals surface area contributed by atoms with Gasteiger partial charge in [-0.3, -0.25) is 4.99 Å². The Morgan fingerprint density at radius 1 is 1.21 bits per heavy atom. The molecule has 1 aromatic rings. The smallest absolute Gasteiger partial charge is 0.0668 e. The second kappa shape index (κ2) is 2.93. The highest BCUT2D eigenvalue weighted by Crippen LogP contribution is 2.47. The molecule has 2 aliphatic rings. The molecular weight excluding hydrogens is 238 g/mol. The van der Waals surface area contributed by atoms with Crippen molar-refractivity contribution in [3.63, 3.8) is 0 Å². The van der Waals surface area contributed by atoms with Gasteiger partial charge in [-0.25, -0.2) is 0 Å². The number of benzene rings is 1. The number of nitrogens with zero attached hydrogens (tertiary/aromatic N) is 1. The van der Waals surface area contributed by atoms with Crippen molar-refractivity contribution in [2.75, 3.05) is 0 Å². The number of hydrogen-bond donors (Lipinski definition) is 0. The average Bonchev–Trinajstić information content (AvgIpc) is 2.77. The van der Waals surface area contributed by atoms with Crippen LogP contribution >= 0.6 is 15.9 Å². The average molecular weight is 250 g/mol. The Morgan fingerprint density at radius 3 is 2.79 bits per heavy atom. The summed E-state index contributed by atoms with van der Waals surface area (Å²) in [6, 6.07) is 6.43. The summed E-state index contributed by atoms with van der Waals surface area (Å²) >= 11 is 3.54. The van der Waals surface area contributed by atoms with Gasteiger partial charge in [0.15, 0.2) is 0 Å². The van der Waals surface area contributed by atoms with Crippen LogP contribution in [-0.4, -0.2) is 6.21 Å². The van der Waals surface area contributed by atoms with Crippen molar-refractivity contribution in [1.82, 2.24) is 0 Å². The van der Waals surface area contributed by atoms with E-state index >= 15 is 0 Å². The fourth-order valence-corrected chi connectivity index (χ4v) is 3.05. The lowest BCUT2D eigenvalue weighted by atomic mass is 9.81. The van der Waals surface area contributed by atoms with E-state index < -0.39 is 0 Å². The molecule has 0 N–H and O–H groups in total. The third-order valence-corrected chi connectivity index (χ3v) is 3.93. The van der Waals surface area contributed by atoms with Gasteiger partial charge in [0.2, 0.25) is 0 Å². The van der Waals surface area contributed by atoms with Gasteiger partial charge in [0.05, 0.1) is 5.69 Å². The van der Waals surface area contributed by atoms with Crippen LogP contribution in [-0.2, 0) is 5.41 Å². The van der Waals surface area contributed by atoms with Crippen LogP contribution in [0.25, 0.3) is 0 Å². The summed E-state index contributed by atoms with van der Waals surface area (Å²) in [5, 5.41) is 0. The van der Waals surface area contributed by atoms with Crippen molar-refractivity contribution in [3.8, 4) is 0 Å². The van der Waals surface area contributed by atoms with Gasteiger partial charge < -0.3 is 0 Å². The number of hydrogen-bond acceptors (Lipinski definition) is 1. The normalized spacial score (nSPS) is 21.8. The summed E-state index contributed by atoms with van der Waals surface area (Å²) in [4.78, 5) is 4.53. The van der Waals surface area contributed by atoms with E-state index in [4.69, 9.17) is 0 Å². The van der Waals surface area contributed by atoms with Gasteiger partial charge in [-0.05, 0) is 36.6 Å². The summed E-state index contributed by atoms with van der Waals surface area (Å²) in [6.45, 7) is 0. The summed E-state index contributed by atoms with van der Waals surface area (Å²) in [5.41, 5.74) is 2.90. The summed E-state index contributed by atoms with van der Waals surface area (Å²) in [5.74, 6) is 0. The van der Waals surface area contributed by atoms with Crippen molar-refractivity contribution in [1.29, 1.82) is 0 Å². The fourth-order valence-electron chi connectivity index (χ4n) is 2.69. The Bertz CT molecular complexity index is 403. The topological polar surface area (TPSA) is 12.4 Å². The molecule has 0 radical (unpaired) electrons. The highest BCUT2D eigenvalue weighted by molar-refractivity contribution is 9.10. The van der Waals surface area contributed by atoms with Crippen LogP contribution in [0.2, 0.25) is 0 Å². The van der Waals surface area contributed by atoms with Crippen LogP contribution < -0.4 is 0 Å². The van der Waals surface area contributed by atoms with Gasteiger partial charge in [-0.2, -0.15) is 0 Å². The van der Waals surface area contributed by atoms with E-state index in [-0.39, 0.29) is 0 Å². The molecule has 0 aromatic heterocycles. The quantitative estimate of drug-likeness (QED) is 0.660. The van der Waals surface area contributed by atoms with Crippen molar-refractivity contribution in [2.45, 2.75) is 31.1 Å². The van der Waals surface area contributed by atoms with Crippen LogP contribution in [0.15, 0.2) is 27.7 Å². The molecule has 1 nitrogen and oxygen atoms in total. The predicted molar refractivity (Wildman–Crippen MR) is 62.4 cm³/mol. The highest BCUT2D eigenvalue weighted by atomic mass is 79.9. The molecule has 0 atom stereocenters. The van der Waals surface area contributed by atoms with E-state index in [1.165, 1.54) is 41.4 Å². The Hall–Kier alpha value is -0.630. The third kappa shape index (κ3) is 1.10. The van der Waals surface area contributed by atoms with E-state index in [0.29, 0.717) is 5.41 Å². The van der Waals surface area contributed by atoms with Crippen LogP contribution in [0.1, 0.15) is 31.2 Å². The predicted octanol–water partition coefficient (Wildman–Crippen LogP) is 3.98. The molecule has 0 bridgehead atoms. The number of halogens is 1. The van der Waals surface area contributed by atoms with E-state index in [1.54, 1.807) is 0 Å². The molecule has 2 heteroatoms. The van der Waals surface area contributed by atoms with Gasteiger partial charge >= 0.3 is 0 Å². The van der Waals surface area contributed by atoms with Gasteiger partial charge in [-0.1, -0.05) is 28.8 Å². The van der Waals surface area contributed by atoms with E-state index in [1.807, 2.05) is 0 Å². The van der Waals surface area contributed by atoms with Crippen LogP contribution in [0.4, 0.5) is 5.69 Å². The first-order chi connectivity index (χ1) is 6.80. The molecule has 1 fully saturated rings. The molecule has 1 heterocycles. The third-order valence-electron chi connectivity index (χ3n) is 3.44. The monoisotopic (exact) mass is 249 g/mol. The number of fused-ring (bicyclic) bond motifs is 2. The second-order valence-electron chi connectivity index (χ2n) is 4.28. The lowest BCUT2D eigenvalue weighted by Gasteiger charge is -2.20. The van der Waals surface area contributed by atoms with Crippen molar-refractivity contribution < 1.29 is 0 Å². The summed E-state index contributed by atoms with van der Waals surface area (Å²) in [7, 11) is 0. The van der Waals surface area contributed by atoms with E-state index in [9.17, 15) is 0 Å². The summed E-state index contributed by atoms with van der Waals surface area (Å²) < 4.78 is 1.17. The SMILES string of the molecule is Brc1ccc2c(c1)C1(C=N2)CCCC1. The zero-order valence-corrected chi connectivity index (χ0v) is 9.55. The molecule has 0 unspecified atom stereocenters. The molecule has 1 aliphatic heterocycles. The molecule has 1 aliphatic carbocycles. The zero-order valence-electron chi connectivity index (χ0n) is 7.96. The fraction of sp³-hybridized carbons (Fsp3) is 0.417. The first kappa shape index (κ1) is 8.66. The minimum absolute atomic E-state index is 0.291. The van der Waals surface area contributed by atoms with Crippen molar-refractivity contribution >= 4 is 27.8 Å².